The van der Waals surface area contributed by atoms with Gasteiger partial charge in [-0.15, -0.1) is 12.4 Å². The van der Waals surface area contributed by atoms with Crippen LogP contribution in [-0.2, 0) is 10.0 Å². The molecule has 1 saturated heterocycles. The Hall–Kier alpha value is -1.22. The van der Waals surface area contributed by atoms with Crippen molar-refractivity contribution in [2.75, 3.05) is 19.6 Å². The van der Waals surface area contributed by atoms with Gasteiger partial charge in [-0.1, -0.05) is 19.1 Å². The molecule has 24 heavy (non-hydrogen) atoms. The predicted octanol–water partition coefficient (Wildman–Crippen LogP) is 2.40. The van der Waals surface area contributed by atoms with E-state index in [2.05, 4.69) is 5.32 Å². The highest BCUT2D eigenvalue weighted by atomic mass is 35.5. The third-order valence-electron chi connectivity index (χ3n) is 4.16. The van der Waals surface area contributed by atoms with E-state index < -0.39 is 14.9 Å². The third kappa shape index (κ3) is 3.88. The Morgan fingerprint density at radius 2 is 1.96 bits per heavy atom. The van der Waals surface area contributed by atoms with Crippen molar-refractivity contribution in [2.24, 2.45) is 0 Å². The summed E-state index contributed by atoms with van der Waals surface area (Å²) < 4.78 is 27.8. The normalized spacial score (nSPS) is 17.8. The van der Waals surface area contributed by atoms with Gasteiger partial charge in [0.15, 0.2) is 4.90 Å². The molecule has 1 heterocycles. The SMILES string of the molecule is CCCN(C1CCNC1)S(=O)(=O)c1c(C)ccc(C)c1[N+](=O)[O-].Cl. The quantitative estimate of drug-likeness (QED) is 0.607. The molecule has 1 aliphatic rings. The summed E-state index contributed by atoms with van der Waals surface area (Å²) in [7, 11) is -3.92. The molecule has 0 spiro atoms. The molecule has 1 unspecified atom stereocenters. The van der Waals surface area contributed by atoms with Crippen molar-refractivity contribution in [1.82, 2.24) is 9.62 Å². The summed E-state index contributed by atoms with van der Waals surface area (Å²) in [5, 5.41) is 14.6. The van der Waals surface area contributed by atoms with Gasteiger partial charge in [-0.2, -0.15) is 4.31 Å². The molecule has 0 bridgehead atoms. The van der Waals surface area contributed by atoms with Gasteiger partial charge in [0.2, 0.25) is 10.0 Å². The number of halogens is 1. The maximum atomic E-state index is 13.2. The highest BCUT2D eigenvalue weighted by Crippen LogP contribution is 2.34. The Morgan fingerprint density at radius 3 is 2.46 bits per heavy atom. The smallest absolute Gasteiger partial charge is 0.292 e. The minimum absolute atomic E-state index is 0. The number of rotatable bonds is 6. The van der Waals surface area contributed by atoms with Crippen LogP contribution in [0, 0.1) is 24.0 Å². The first kappa shape index (κ1) is 20.8. The lowest BCUT2D eigenvalue weighted by atomic mass is 10.1. The van der Waals surface area contributed by atoms with E-state index in [4.69, 9.17) is 0 Å². The van der Waals surface area contributed by atoms with Crippen LogP contribution in [0.3, 0.4) is 0 Å². The average molecular weight is 378 g/mol. The molecule has 1 aliphatic heterocycles. The molecule has 0 saturated carbocycles. The number of nitrogens with one attached hydrogen (secondary N) is 1. The van der Waals surface area contributed by atoms with Crippen LogP contribution in [0.1, 0.15) is 30.9 Å². The standard InChI is InChI=1S/C15H23N3O4S.ClH/c1-4-9-17(13-7-8-16-10-13)23(21,22)15-12(3)6-5-11(2)14(15)18(19)20;/h5-6,13,16H,4,7-10H2,1-3H3;1H. The molecule has 1 aromatic rings. The van der Waals surface area contributed by atoms with E-state index in [9.17, 15) is 18.5 Å². The Morgan fingerprint density at radius 1 is 1.33 bits per heavy atom. The fraction of sp³-hybridized carbons (Fsp3) is 0.600. The van der Waals surface area contributed by atoms with Crippen molar-refractivity contribution in [3.8, 4) is 0 Å². The van der Waals surface area contributed by atoms with Crippen LogP contribution in [0.4, 0.5) is 5.69 Å². The number of aryl methyl sites for hydroxylation is 2. The van der Waals surface area contributed by atoms with Crippen molar-refractivity contribution in [3.05, 3.63) is 33.4 Å². The Balaban J connectivity index is 0.00000288. The van der Waals surface area contributed by atoms with Crippen LogP contribution < -0.4 is 5.32 Å². The molecule has 2 rings (SSSR count). The van der Waals surface area contributed by atoms with Crippen LogP contribution >= 0.6 is 12.4 Å². The highest BCUT2D eigenvalue weighted by Gasteiger charge is 2.38. The zero-order chi connectivity index (χ0) is 17.2. The number of sulfonamides is 1. The number of nitrogens with zero attached hydrogens (tertiary/aromatic N) is 2. The number of nitro benzene ring substituents is 1. The van der Waals surface area contributed by atoms with Crippen LogP contribution in [0.2, 0.25) is 0 Å². The van der Waals surface area contributed by atoms with Gasteiger partial charge in [-0.05, 0) is 38.8 Å². The summed E-state index contributed by atoms with van der Waals surface area (Å²) in [6.07, 6.45) is 1.38. The Bertz CT molecular complexity index is 703. The summed E-state index contributed by atoms with van der Waals surface area (Å²) in [5.41, 5.74) is 0.464. The lowest BCUT2D eigenvalue weighted by Crippen LogP contribution is -2.42. The molecule has 1 N–H and O–H groups in total. The molecule has 0 amide bonds. The zero-order valence-electron chi connectivity index (χ0n) is 14.1. The summed E-state index contributed by atoms with van der Waals surface area (Å²) in [6.45, 7) is 6.78. The lowest BCUT2D eigenvalue weighted by Gasteiger charge is -2.28. The van der Waals surface area contributed by atoms with Gasteiger partial charge in [0.05, 0.1) is 4.92 Å². The van der Waals surface area contributed by atoms with Crippen molar-refractivity contribution in [1.29, 1.82) is 0 Å². The van der Waals surface area contributed by atoms with E-state index in [1.165, 1.54) is 4.31 Å². The van der Waals surface area contributed by atoms with Gasteiger partial charge < -0.3 is 5.32 Å². The molecule has 0 aliphatic carbocycles. The minimum Gasteiger partial charge on any atom is -0.315 e. The van der Waals surface area contributed by atoms with Gasteiger partial charge in [0, 0.05) is 24.7 Å². The largest absolute Gasteiger partial charge is 0.315 e. The second kappa shape index (κ2) is 8.24. The van der Waals surface area contributed by atoms with Gasteiger partial charge >= 0.3 is 0 Å². The van der Waals surface area contributed by atoms with Crippen molar-refractivity contribution >= 4 is 28.1 Å². The molecule has 1 atom stereocenters. The van der Waals surface area contributed by atoms with E-state index in [1.54, 1.807) is 26.0 Å². The van der Waals surface area contributed by atoms with Gasteiger partial charge in [-0.25, -0.2) is 8.42 Å². The molecule has 9 heteroatoms. The fourth-order valence-corrected chi connectivity index (χ4v) is 5.23. The molecular formula is C15H24ClN3O4S. The number of benzene rings is 1. The predicted molar refractivity (Wildman–Crippen MR) is 95.3 cm³/mol. The fourth-order valence-electron chi connectivity index (χ4n) is 3.04. The maximum absolute atomic E-state index is 13.2. The lowest BCUT2D eigenvalue weighted by molar-refractivity contribution is -0.388. The molecule has 1 fully saturated rings. The van der Waals surface area contributed by atoms with E-state index in [0.717, 1.165) is 13.0 Å². The van der Waals surface area contributed by atoms with E-state index in [1.807, 2.05) is 6.92 Å². The van der Waals surface area contributed by atoms with Crippen molar-refractivity contribution < 1.29 is 13.3 Å². The first-order chi connectivity index (χ1) is 10.8. The number of hydrogen-bond donors (Lipinski definition) is 1. The van der Waals surface area contributed by atoms with Crippen LogP contribution in [0.25, 0.3) is 0 Å². The maximum Gasteiger partial charge on any atom is 0.292 e. The van der Waals surface area contributed by atoms with Crippen LogP contribution in [0.15, 0.2) is 17.0 Å². The van der Waals surface area contributed by atoms with Crippen LogP contribution in [-0.4, -0.2) is 43.3 Å². The average Bonchev–Trinajstić information content (AvgIpc) is 2.99. The minimum atomic E-state index is -3.92. The first-order valence-corrected chi connectivity index (χ1v) is 9.21. The second-order valence-corrected chi connectivity index (χ2v) is 7.72. The molecule has 0 radical (unpaired) electrons. The highest BCUT2D eigenvalue weighted by molar-refractivity contribution is 7.89. The van der Waals surface area contributed by atoms with Crippen molar-refractivity contribution in [3.63, 3.8) is 0 Å². The molecule has 7 nitrogen and oxygen atoms in total. The number of hydrogen-bond acceptors (Lipinski definition) is 5. The summed E-state index contributed by atoms with van der Waals surface area (Å²) >= 11 is 0. The summed E-state index contributed by atoms with van der Waals surface area (Å²) in [5.74, 6) is 0. The first-order valence-electron chi connectivity index (χ1n) is 7.77. The van der Waals surface area contributed by atoms with Gasteiger partial charge in [0.1, 0.15) is 0 Å². The monoisotopic (exact) mass is 377 g/mol. The van der Waals surface area contributed by atoms with Crippen LogP contribution in [0.5, 0.6) is 0 Å². The molecule has 0 aromatic heterocycles. The topological polar surface area (TPSA) is 92.6 Å². The Labute approximate surface area is 149 Å². The summed E-state index contributed by atoms with van der Waals surface area (Å²) in [6, 6.07) is 3.07. The zero-order valence-corrected chi connectivity index (χ0v) is 15.7. The molecular weight excluding hydrogens is 354 g/mol. The number of nitro groups is 1. The van der Waals surface area contributed by atoms with Gasteiger partial charge in [-0.3, -0.25) is 10.1 Å². The van der Waals surface area contributed by atoms with E-state index in [0.29, 0.717) is 30.6 Å². The van der Waals surface area contributed by atoms with E-state index in [-0.39, 0.29) is 29.0 Å². The van der Waals surface area contributed by atoms with Crippen molar-refractivity contribution in [2.45, 2.75) is 44.6 Å². The third-order valence-corrected chi connectivity index (χ3v) is 6.29. The van der Waals surface area contributed by atoms with E-state index >= 15 is 0 Å². The second-order valence-electron chi connectivity index (χ2n) is 5.90. The molecule has 1 aromatic carbocycles. The summed E-state index contributed by atoms with van der Waals surface area (Å²) in [4.78, 5) is 10.7. The van der Waals surface area contributed by atoms with Gasteiger partial charge in [0.25, 0.3) is 5.69 Å². The molecule has 136 valence electrons. The Kier molecular flexibility index (Phi) is 7.15.